The summed E-state index contributed by atoms with van der Waals surface area (Å²) < 4.78 is 4.47. The van der Waals surface area contributed by atoms with Crippen LogP contribution in [-0.2, 0) is 5.75 Å². The Morgan fingerprint density at radius 2 is 1.72 bits per heavy atom. The van der Waals surface area contributed by atoms with Crippen LogP contribution in [0.5, 0.6) is 0 Å². The summed E-state index contributed by atoms with van der Waals surface area (Å²) in [5.74, 6) is 0.775. The molecule has 2 heterocycles. The number of thioether (sulfide) groups is 1. The number of amidine groups is 1. The number of benzene rings is 2. The normalized spacial score (nSPS) is 18.5. The molecule has 0 bridgehead atoms. The van der Waals surface area contributed by atoms with Crippen molar-refractivity contribution in [3.8, 4) is 0 Å². The van der Waals surface area contributed by atoms with E-state index in [0.29, 0.717) is 16.3 Å². The van der Waals surface area contributed by atoms with Crippen LogP contribution in [0.3, 0.4) is 0 Å². The number of hydrogen-bond acceptors (Lipinski definition) is 4. The molecule has 0 spiro atoms. The highest BCUT2D eigenvalue weighted by Gasteiger charge is 2.27. The molecular formula is C24H32N5OS2+. The predicted octanol–water partition coefficient (Wildman–Crippen LogP) is 3.44. The number of piperidine rings is 1. The zero-order valence-electron chi connectivity index (χ0n) is 18.3. The Morgan fingerprint density at radius 3 is 2.41 bits per heavy atom. The lowest BCUT2D eigenvalue weighted by Gasteiger charge is -2.39. The number of hydrogen-bond donors (Lipinski definition) is 2. The highest BCUT2D eigenvalue weighted by Crippen LogP contribution is 2.24. The molecule has 2 aliphatic heterocycles. The van der Waals surface area contributed by atoms with Crippen LogP contribution in [0.4, 0.5) is 11.4 Å². The van der Waals surface area contributed by atoms with E-state index in [2.05, 4.69) is 61.2 Å². The molecule has 170 valence electrons. The number of ether oxygens (including phenoxy) is 1. The Hall–Kier alpha value is -2.13. The summed E-state index contributed by atoms with van der Waals surface area (Å²) in [6.45, 7) is 6.45. The summed E-state index contributed by atoms with van der Waals surface area (Å²) >= 11 is 6.85. The van der Waals surface area contributed by atoms with E-state index in [9.17, 15) is 0 Å². The topological polar surface area (TPSA) is 69.7 Å². The van der Waals surface area contributed by atoms with Crippen LogP contribution in [0.2, 0.25) is 0 Å². The minimum atomic E-state index is 0.380. The van der Waals surface area contributed by atoms with Gasteiger partial charge in [0.05, 0.1) is 13.1 Å². The fraction of sp³-hybridized carbons (Fsp3) is 0.417. The molecule has 4 rings (SSSR count). The van der Waals surface area contributed by atoms with E-state index < -0.39 is 0 Å². The zero-order chi connectivity index (χ0) is 22.2. The lowest BCUT2D eigenvalue weighted by molar-refractivity contribution is -0.101. The van der Waals surface area contributed by atoms with Crippen molar-refractivity contribution in [3.05, 3.63) is 60.2 Å². The highest BCUT2D eigenvalue weighted by atomic mass is 32.2. The number of aliphatic imine (C=N–C) groups is 1. The van der Waals surface area contributed by atoms with Crippen molar-refractivity contribution in [1.82, 2.24) is 4.90 Å². The minimum absolute atomic E-state index is 0.380. The number of rotatable bonds is 5. The summed E-state index contributed by atoms with van der Waals surface area (Å²) in [6, 6.07) is 19.3. The molecule has 2 aromatic rings. The fourth-order valence-electron chi connectivity index (χ4n) is 4.25. The van der Waals surface area contributed by atoms with E-state index in [1.807, 2.05) is 18.2 Å². The Labute approximate surface area is 200 Å². The summed E-state index contributed by atoms with van der Waals surface area (Å²) in [5, 5.41) is 4.01. The molecule has 0 radical (unpaired) electrons. The van der Waals surface area contributed by atoms with Crippen LogP contribution >= 0.6 is 24.0 Å². The molecule has 0 amide bonds. The van der Waals surface area contributed by atoms with E-state index in [4.69, 9.17) is 18.0 Å². The first-order chi connectivity index (χ1) is 15.7. The molecule has 2 fully saturated rings. The average molecular weight is 471 g/mol. The molecular weight excluding hydrogens is 438 g/mol. The second-order valence-electron chi connectivity index (χ2n) is 8.13. The van der Waals surface area contributed by atoms with Gasteiger partial charge in [0.25, 0.3) is 0 Å². The van der Waals surface area contributed by atoms with Gasteiger partial charge in [-0.3, -0.25) is 4.90 Å². The minimum Gasteiger partial charge on any atom is -0.432 e. The quantitative estimate of drug-likeness (QED) is 0.302. The van der Waals surface area contributed by atoms with Gasteiger partial charge in [0, 0.05) is 36.3 Å². The molecule has 2 aliphatic rings. The maximum absolute atomic E-state index is 6.03. The van der Waals surface area contributed by atoms with Crippen molar-refractivity contribution >= 4 is 45.6 Å². The first-order valence-electron chi connectivity index (χ1n) is 11.2. The molecule has 32 heavy (non-hydrogen) atoms. The molecule has 0 aromatic heterocycles. The fourth-order valence-corrected chi connectivity index (χ4v) is 5.18. The summed E-state index contributed by atoms with van der Waals surface area (Å²) in [5.41, 5.74) is 9.43. The van der Waals surface area contributed by atoms with Crippen molar-refractivity contribution in [1.29, 1.82) is 0 Å². The Bertz CT molecular complexity index is 892. The third kappa shape index (κ3) is 6.68. The standard InChI is InChI=1S/C24H31N5OS2/c25-23(32-18-19-4-2-1-3-5-19)27-24(31)26-20-6-8-21(9-7-20)28-12-10-22(11-13-28)29-14-16-30-17-15-29/h1-9,22H,10-18H2,(H3,25,26,27,31)/p+1. The van der Waals surface area contributed by atoms with Gasteiger partial charge < -0.3 is 20.7 Å². The first kappa shape index (κ1) is 23.0. The van der Waals surface area contributed by atoms with E-state index in [-0.39, 0.29) is 0 Å². The van der Waals surface area contributed by atoms with Crippen molar-refractivity contribution in [2.24, 2.45) is 10.7 Å². The average Bonchev–Trinajstić information content (AvgIpc) is 2.84. The van der Waals surface area contributed by atoms with E-state index in [1.54, 1.807) is 0 Å². The van der Waals surface area contributed by atoms with E-state index in [1.165, 1.54) is 35.9 Å². The van der Waals surface area contributed by atoms with Gasteiger partial charge in [0.2, 0.25) is 0 Å². The molecule has 4 N–H and O–H groups in total. The number of nitrogens with one attached hydrogen (secondary N) is 1. The number of aliphatic hydroxyl groups is 2. The number of nitrogens with zero attached hydrogens (tertiary/aromatic N) is 3. The van der Waals surface area contributed by atoms with E-state index >= 15 is 0 Å². The molecule has 0 unspecified atom stereocenters. The lowest BCUT2D eigenvalue weighted by atomic mass is 10.0. The lowest BCUT2D eigenvalue weighted by Crippen LogP contribution is -2.49. The third-order valence-corrected chi connectivity index (χ3v) is 7.05. The van der Waals surface area contributed by atoms with Crippen molar-refractivity contribution < 1.29 is 4.74 Å². The summed E-state index contributed by atoms with van der Waals surface area (Å²) in [7, 11) is 0. The SMILES string of the molecule is N/C(=N\C(=S)Nc1ccc(N2CCC(N3CC[OH+]CC3)CC2)cc1)SCc1ccccc1. The summed E-state index contributed by atoms with van der Waals surface area (Å²) in [4.78, 5) is 9.41. The van der Waals surface area contributed by atoms with Gasteiger partial charge in [0.15, 0.2) is 23.5 Å². The zero-order valence-corrected chi connectivity index (χ0v) is 20.0. The monoisotopic (exact) mass is 470 g/mol. The maximum Gasteiger partial charge on any atom is 0.199 e. The molecule has 2 saturated heterocycles. The van der Waals surface area contributed by atoms with Crippen LogP contribution in [0, 0.1) is 0 Å². The van der Waals surface area contributed by atoms with Gasteiger partial charge in [-0.05, 0) is 54.9 Å². The van der Waals surface area contributed by atoms with Gasteiger partial charge in [-0.2, -0.15) is 4.99 Å². The van der Waals surface area contributed by atoms with Crippen LogP contribution < -0.4 is 16.0 Å². The van der Waals surface area contributed by atoms with Gasteiger partial charge in [-0.25, -0.2) is 0 Å². The number of anilines is 2. The van der Waals surface area contributed by atoms with Gasteiger partial charge in [-0.15, -0.1) is 0 Å². The van der Waals surface area contributed by atoms with Gasteiger partial charge in [0.1, 0.15) is 0 Å². The molecule has 0 aliphatic carbocycles. The highest BCUT2D eigenvalue weighted by molar-refractivity contribution is 8.13. The Morgan fingerprint density at radius 1 is 1.03 bits per heavy atom. The van der Waals surface area contributed by atoms with Crippen LogP contribution in [0.15, 0.2) is 59.6 Å². The van der Waals surface area contributed by atoms with Crippen LogP contribution in [0.1, 0.15) is 18.4 Å². The van der Waals surface area contributed by atoms with Crippen molar-refractivity contribution in [2.75, 3.05) is 49.6 Å². The second-order valence-corrected chi connectivity index (χ2v) is 9.51. The molecule has 6 nitrogen and oxygen atoms in total. The molecule has 0 saturated carbocycles. The molecule has 8 heteroatoms. The number of morpholine rings is 1. The number of thiocarbonyl (C=S) groups is 1. The Kier molecular flexibility index (Phi) is 8.39. The largest absolute Gasteiger partial charge is 0.432 e. The van der Waals surface area contributed by atoms with Gasteiger partial charge >= 0.3 is 0 Å². The van der Waals surface area contributed by atoms with Crippen molar-refractivity contribution in [2.45, 2.75) is 24.6 Å². The maximum atomic E-state index is 6.03. The van der Waals surface area contributed by atoms with Crippen LogP contribution in [-0.4, -0.2) is 65.4 Å². The Balaban J connectivity index is 1.23. The molecule has 2 aromatic carbocycles. The van der Waals surface area contributed by atoms with Crippen LogP contribution in [0.25, 0.3) is 0 Å². The first-order valence-corrected chi connectivity index (χ1v) is 12.6. The smallest absolute Gasteiger partial charge is 0.199 e. The second kappa shape index (κ2) is 11.7. The molecule has 0 atom stereocenters. The van der Waals surface area contributed by atoms with Crippen molar-refractivity contribution in [3.63, 3.8) is 0 Å². The summed E-state index contributed by atoms with van der Waals surface area (Å²) in [6.07, 6.45) is 2.44. The van der Waals surface area contributed by atoms with Gasteiger partial charge in [-0.1, -0.05) is 42.1 Å². The number of nitrogens with two attached hydrogens (primary N) is 1. The predicted molar refractivity (Wildman–Crippen MR) is 141 cm³/mol. The van der Waals surface area contributed by atoms with E-state index in [0.717, 1.165) is 50.8 Å². The third-order valence-electron chi connectivity index (χ3n) is 6.00.